The molecule has 0 aromatic rings. The third-order valence-corrected chi connectivity index (χ3v) is 11.8. The second-order valence-electron chi connectivity index (χ2n) is 14.6. The lowest BCUT2D eigenvalue weighted by molar-refractivity contribution is -0.185. The Labute approximate surface area is 241 Å². The maximum atomic E-state index is 13.0. The largest absolute Gasteiger partial charge is 0.458 e. The average molecular weight is 554 g/mol. The highest BCUT2D eigenvalue weighted by Crippen LogP contribution is 2.68. The quantitative estimate of drug-likeness (QED) is 0.360. The smallest absolute Gasteiger partial charge is 0.307 e. The summed E-state index contributed by atoms with van der Waals surface area (Å²) in [6, 6.07) is 0. The summed E-state index contributed by atoms with van der Waals surface area (Å²) >= 11 is 0. The van der Waals surface area contributed by atoms with E-state index in [1.165, 1.54) is 24.5 Å². The molecular formula is C34H51NO5. The summed E-state index contributed by atoms with van der Waals surface area (Å²) in [7, 11) is 0. The number of esters is 2. The SMILES string of the molecule is CC(=O)O[C@]1(C(C)=O)CC[C@H]2[C@@H]3C=C(C)C4=C[C@@H](OC(=O)CCN5C[C@H](C)C[C@H](C)C5)CC[C@]4(C)[C@H]3CC[C@@]21C. The predicted molar refractivity (Wildman–Crippen MR) is 155 cm³/mol. The van der Waals surface area contributed by atoms with Gasteiger partial charge in [-0.15, -0.1) is 0 Å². The van der Waals surface area contributed by atoms with Crippen molar-refractivity contribution in [2.24, 2.45) is 40.4 Å². The summed E-state index contributed by atoms with van der Waals surface area (Å²) in [5.41, 5.74) is 1.28. The first-order valence-electron chi connectivity index (χ1n) is 15.8. The molecule has 6 heteroatoms. The molecule has 6 nitrogen and oxygen atoms in total. The van der Waals surface area contributed by atoms with Crippen LogP contribution in [0.15, 0.2) is 23.3 Å². The molecule has 1 aliphatic heterocycles. The zero-order valence-corrected chi connectivity index (χ0v) is 25.9. The molecule has 3 fully saturated rings. The lowest BCUT2D eigenvalue weighted by Gasteiger charge is -2.58. The maximum absolute atomic E-state index is 13.0. The number of rotatable bonds is 6. The highest BCUT2D eigenvalue weighted by molar-refractivity contribution is 5.89. The molecule has 0 aromatic heterocycles. The molecule has 5 aliphatic rings. The molecule has 9 atom stereocenters. The van der Waals surface area contributed by atoms with Crippen LogP contribution in [-0.4, -0.2) is 54.0 Å². The van der Waals surface area contributed by atoms with E-state index in [1.54, 1.807) is 6.92 Å². The lowest BCUT2D eigenvalue weighted by atomic mass is 9.47. The molecule has 1 saturated heterocycles. The molecule has 0 bridgehead atoms. The van der Waals surface area contributed by atoms with Crippen molar-refractivity contribution in [3.8, 4) is 0 Å². The van der Waals surface area contributed by atoms with Crippen molar-refractivity contribution >= 4 is 17.7 Å². The first kappa shape index (κ1) is 29.5. The predicted octanol–water partition coefficient (Wildman–Crippen LogP) is 6.29. The van der Waals surface area contributed by atoms with Crippen LogP contribution < -0.4 is 0 Å². The van der Waals surface area contributed by atoms with Crippen LogP contribution in [0.1, 0.15) is 99.8 Å². The molecule has 0 amide bonds. The Kier molecular flexibility index (Phi) is 7.91. The maximum Gasteiger partial charge on any atom is 0.307 e. The van der Waals surface area contributed by atoms with Crippen LogP contribution >= 0.6 is 0 Å². The van der Waals surface area contributed by atoms with Crippen molar-refractivity contribution in [1.29, 1.82) is 0 Å². The number of carbonyl (C=O) groups is 3. The fourth-order valence-corrected chi connectivity index (χ4v) is 10.2. The van der Waals surface area contributed by atoms with Crippen molar-refractivity contribution in [3.63, 3.8) is 0 Å². The van der Waals surface area contributed by atoms with Gasteiger partial charge in [-0.05, 0) is 105 Å². The molecule has 0 radical (unpaired) electrons. The Balaban J connectivity index is 1.31. The van der Waals surface area contributed by atoms with E-state index in [1.807, 2.05) is 0 Å². The lowest BCUT2D eigenvalue weighted by Crippen LogP contribution is -2.58. The van der Waals surface area contributed by atoms with Gasteiger partial charge >= 0.3 is 11.9 Å². The van der Waals surface area contributed by atoms with Gasteiger partial charge in [-0.25, -0.2) is 0 Å². The van der Waals surface area contributed by atoms with E-state index in [0.29, 0.717) is 42.4 Å². The second kappa shape index (κ2) is 10.7. The first-order valence-corrected chi connectivity index (χ1v) is 15.8. The fourth-order valence-electron chi connectivity index (χ4n) is 10.2. The molecule has 0 unspecified atom stereocenters. The number of Topliss-reactive ketones (excluding diaryl/α,β-unsaturated/α-hetero) is 1. The molecule has 0 spiro atoms. The molecular weight excluding hydrogens is 502 g/mol. The highest BCUT2D eigenvalue weighted by Gasteiger charge is 2.67. The van der Waals surface area contributed by atoms with Crippen molar-refractivity contribution in [1.82, 2.24) is 4.90 Å². The van der Waals surface area contributed by atoms with Gasteiger partial charge in [0, 0.05) is 32.0 Å². The minimum Gasteiger partial charge on any atom is -0.458 e. The third-order valence-electron chi connectivity index (χ3n) is 11.8. The Hall–Kier alpha value is -1.95. The molecule has 1 heterocycles. The number of allylic oxidation sites excluding steroid dienone is 3. The van der Waals surface area contributed by atoms with Gasteiger partial charge in [0.2, 0.25) is 0 Å². The van der Waals surface area contributed by atoms with Gasteiger partial charge < -0.3 is 14.4 Å². The number of ketones is 1. The first-order chi connectivity index (χ1) is 18.8. The van der Waals surface area contributed by atoms with Crippen molar-refractivity contribution in [3.05, 3.63) is 23.3 Å². The summed E-state index contributed by atoms with van der Waals surface area (Å²) in [5, 5.41) is 0. The molecule has 0 aromatic carbocycles. The van der Waals surface area contributed by atoms with Crippen LogP contribution in [-0.2, 0) is 23.9 Å². The highest BCUT2D eigenvalue weighted by atomic mass is 16.6. The minimum atomic E-state index is -1.01. The minimum absolute atomic E-state index is 0.0129. The van der Waals surface area contributed by atoms with E-state index in [4.69, 9.17) is 9.47 Å². The Morgan fingerprint density at radius 2 is 1.62 bits per heavy atom. The fraction of sp³-hybridized carbons (Fsp3) is 0.794. The average Bonchev–Trinajstić information content (AvgIpc) is 3.16. The standard InChI is InChI=1S/C34H51NO5/c1-21-16-22(2)20-35(19-21)15-11-31(38)39-26-8-12-32(6)28-9-13-33(7)29(27(28)17-23(3)30(32)18-26)10-14-34(33,24(4)36)40-25(5)37/h17-18,21-22,26-29H,8-16,19-20H2,1-7H3/t21-,22+,26-,27+,28-,29-,32+,33-,34-/m0/s1. The van der Waals surface area contributed by atoms with Crippen molar-refractivity contribution < 1.29 is 23.9 Å². The molecule has 222 valence electrons. The van der Waals surface area contributed by atoms with Gasteiger partial charge in [0.25, 0.3) is 0 Å². The Morgan fingerprint density at radius 1 is 0.950 bits per heavy atom. The van der Waals surface area contributed by atoms with Crippen LogP contribution in [0.3, 0.4) is 0 Å². The molecule has 4 aliphatic carbocycles. The number of hydrogen-bond acceptors (Lipinski definition) is 6. The zero-order chi connectivity index (χ0) is 29.0. The van der Waals surface area contributed by atoms with Gasteiger partial charge in [-0.2, -0.15) is 0 Å². The number of piperidine rings is 1. The summed E-state index contributed by atoms with van der Waals surface area (Å²) < 4.78 is 12.0. The summed E-state index contributed by atoms with van der Waals surface area (Å²) in [6.07, 6.45) is 11.5. The monoisotopic (exact) mass is 553 g/mol. The van der Waals surface area contributed by atoms with Crippen LogP contribution in [0.25, 0.3) is 0 Å². The number of nitrogens with zero attached hydrogens (tertiary/aromatic N) is 1. The number of hydrogen-bond donors (Lipinski definition) is 0. The topological polar surface area (TPSA) is 72.9 Å². The zero-order valence-electron chi connectivity index (χ0n) is 25.9. The number of fused-ring (bicyclic) bond motifs is 5. The molecule has 40 heavy (non-hydrogen) atoms. The van der Waals surface area contributed by atoms with Gasteiger partial charge in [0.05, 0.1) is 6.42 Å². The molecule has 0 N–H and O–H groups in total. The van der Waals surface area contributed by atoms with E-state index in [9.17, 15) is 14.4 Å². The van der Waals surface area contributed by atoms with Crippen LogP contribution in [0.4, 0.5) is 0 Å². The summed E-state index contributed by atoms with van der Waals surface area (Å²) in [6.45, 7) is 17.4. The number of likely N-dealkylation sites (tertiary alicyclic amines) is 1. The van der Waals surface area contributed by atoms with Crippen molar-refractivity contribution in [2.75, 3.05) is 19.6 Å². The van der Waals surface area contributed by atoms with E-state index in [-0.39, 0.29) is 34.7 Å². The Morgan fingerprint density at radius 3 is 2.27 bits per heavy atom. The second-order valence-corrected chi connectivity index (χ2v) is 14.6. The third kappa shape index (κ3) is 4.90. The van der Waals surface area contributed by atoms with Crippen LogP contribution in [0, 0.1) is 40.4 Å². The number of carbonyl (C=O) groups excluding carboxylic acids is 3. The normalized spacial score (nSPS) is 43.0. The molecule has 5 rings (SSSR count). The Bertz CT molecular complexity index is 1100. The molecule has 2 saturated carbocycles. The van der Waals surface area contributed by atoms with Crippen LogP contribution in [0.2, 0.25) is 0 Å². The van der Waals surface area contributed by atoms with Gasteiger partial charge in [0.15, 0.2) is 11.4 Å². The summed E-state index contributed by atoms with van der Waals surface area (Å²) in [5.74, 6) is 2.04. The van der Waals surface area contributed by atoms with Gasteiger partial charge in [0.1, 0.15) is 6.10 Å². The van der Waals surface area contributed by atoms with Crippen LogP contribution in [0.5, 0.6) is 0 Å². The van der Waals surface area contributed by atoms with Gasteiger partial charge in [-0.3, -0.25) is 14.4 Å². The number of ether oxygens (including phenoxy) is 2. The van der Waals surface area contributed by atoms with Crippen molar-refractivity contribution in [2.45, 2.75) is 112 Å². The van der Waals surface area contributed by atoms with E-state index in [2.05, 4.69) is 51.7 Å². The van der Waals surface area contributed by atoms with E-state index < -0.39 is 5.60 Å². The van der Waals surface area contributed by atoms with Gasteiger partial charge in [-0.1, -0.05) is 39.3 Å². The van der Waals surface area contributed by atoms with E-state index in [0.717, 1.165) is 51.7 Å². The van der Waals surface area contributed by atoms with E-state index >= 15 is 0 Å². The summed E-state index contributed by atoms with van der Waals surface area (Å²) in [4.78, 5) is 40.4.